The van der Waals surface area contributed by atoms with E-state index in [1.807, 2.05) is 67.3 Å². The van der Waals surface area contributed by atoms with E-state index in [2.05, 4.69) is 15.8 Å². The smallest absolute Gasteiger partial charge is 0.242 e. The van der Waals surface area contributed by atoms with Gasteiger partial charge in [-0.05, 0) is 48.7 Å². The molecule has 5 rings (SSSR count). The van der Waals surface area contributed by atoms with E-state index in [1.54, 1.807) is 12.4 Å². The van der Waals surface area contributed by atoms with E-state index in [0.29, 0.717) is 11.6 Å². The maximum absolute atomic E-state index is 13.6. The number of benzene rings is 2. The molecular weight excluding hydrogens is 424 g/mol. The number of halogens is 1. The summed E-state index contributed by atoms with van der Waals surface area (Å²) in [6.45, 7) is 4.36. The molecule has 3 heterocycles. The van der Waals surface area contributed by atoms with Crippen LogP contribution < -0.4 is 10.9 Å². The van der Waals surface area contributed by atoms with Crippen molar-refractivity contribution in [1.82, 2.24) is 20.7 Å². The van der Waals surface area contributed by atoms with E-state index >= 15 is 0 Å². The number of likely N-dealkylation sites (tertiary alicyclic amines) is 1. The van der Waals surface area contributed by atoms with Crippen LogP contribution in [-0.4, -0.2) is 26.9 Å². The minimum Gasteiger partial charge on any atom is -0.507 e. The summed E-state index contributed by atoms with van der Waals surface area (Å²) in [6.07, 6.45) is 3.51. The molecule has 1 amide bonds. The molecule has 164 valence electrons. The zero-order chi connectivity index (χ0) is 22.4. The number of hydrogen-bond acceptors (Lipinski definition) is 5. The van der Waals surface area contributed by atoms with Gasteiger partial charge in [-0.1, -0.05) is 47.5 Å². The number of aryl methyl sites for hydroxylation is 2. The Kier molecular flexibility index (Phi) is 5.37. The molecule has 4 unspecified atom stereocenters. The van der Waals surface area contributed by atoms with Crippen LogP contribution in [0.4, 0.5) is 0 Å². The maximum Gasteiger partial charge on any atom is 0.242 e. The van der Waals surface area contributed by atoms with Crippen LogP contribution in [0.1, 0.15) is 39.9 Å². The summed E-state index contributed by atoms with van der Waals surface area (Å²) in [5.41, 5.74) is 11.1. The Labute approximate surface area is 192 Å². The molecule has 2 fully saturated rings. The second-order valence-corrected chi connectivity index (χ2v) is 9.10. The number of phenolic OH excluding ortho intramolecular Hbond substituents is 1. The molecule has 3 N–H and O–H groups in total. The topological polar surface area (TPSA) is 77.5 Å². The molecular formula is C25H25ClN4O2. The molecule has 2 aliphatic heterocycles. The second kappa shape index (κ2) is 8.20. The molecule has 3 aromatic rings. The van der Waals surface area contributed by atoms with Gasteiger partial charge >= 0.3 is 0 Å². The van der Waals surface area contributed by atoms with Gasteiger partial charge in [0.05, 0.1) is 12.1 Å². The molecule has 0 radical (unpaired) electrons. The molecule has 32 heavy (non-hydrogen) atoms. The molecule has 2 aliphatic rings. The molecule has 2 aromatic carbocycles. The fourth-order valence-electron chi connectivity index (χ4n) is 5.15. The Hall–Kier alpha value is -2.93. The van der Waals surface area contributed by atoms with E-state index < -0.39 is 6.04 Å². The highest BCUT2D eigenvalue weighted by molar-refractivity contribution is 6.30. The fraction of sp³-hybridized carbons (Fsp3) is 0.280. The van der Waals surface area contributed by atoms with Gasteiger partial charge in [0.1, 0.15) is 11.8 Å². The van der Waals surface area contributed by atoms with Crippen LogP contribution in [0, 0.1) is 19.8 Å². The van der Waals surface area contributed by atoms with Crippen molar-refractivity contribution in [2.24, 2.45) is 5.92 Å². The second-order valence-electron chi connectivity index (χ2n) is 8.67. The van der Waals surface area contributed by atoms with Gasteiger partial charge in [-0.25, -0.2) is 10.9 Å². The van der Waals surface area contributed by atoms with Gasteiger partial charge in [0.25, 0.3) is 0 Å². The first kappa shape index (κ1) is 20.9. The van der Waals surface area contributed by atoms with Crippen LogP contribution in [0.5, 0.6) is 5.75 Å². The summed E-state index contributed by atoms with van der Waals surface area (Å²) >= 11 is 6.35. The predicted octanol–water partition coefficient (Wildman–Crippen LogP) is 3.97. The largest absolute Gasteiger partial charge is 0.507 e. The van der Waals surface area contributed by atoms with Crippen LogP contribution in [-0.2, 0) is 11.3 Å². The van der Waals surface area contributed by atoms with Crippen LogP contribution in [0.15, 0.2) is 60.9 Å². The Morgan fingerprint density at radius 3 is 2.66 bits per heavy atom. The van der Waals surface area contributed by atoms with Crippen molar-refractivity contribution < 1.29 is 9.90 Å². The number of nitrogens with zero attached hydrogens (tertiary/aromatic N) is 2. The van der Waals surface area contributed by atoms with Gasteiger partial charge < -0.3 is 10.0 Å². The van der Waals surface area contributed by atoms with Crippen molar-refractivity contribution in [2.45, 2.75) is 38.5 Å². The average Bonchev–Trinajstić information content (AvgIpc) is 3.31. The van der Waals surface area contributed by atoms with Gasteiger partial charge in [-0.15, -0.1) is 0 Å². The van der Waals surface area contributed by atoms with E-state index in [-0.39, 0.29) is 29.7 Å². The third-order valence-corrected chi connectivity index (χ3v) is 6.72. The van der Waals surface area contributed by atoms with E-state index in [4.69, 9.17) is 11.6 Å². The highest BCUT2D eigenvalue weighted by Gasteiger charge is 2.55. The predicted molar refractivity (Wildman–Crippen MR) is 123 cm³/mol. The van der Waals surface area contributed by atoms with Crippen molar-refractivity contribution in [3.63, 3.8) is 0 Å². The van der Waals surface area contributed by atoms with Crippen molar-refractivity contribution in [2.75, 3.05) is 0 Å². The molecule has 7 heteroatoms. The van der Waals surface area contributed by atoms with Gasteiger partial charge in [0.2, 0.25) is 5.91 Å². The number of hydrazine groups is 1. The van der Waals surface area contributed by atoms with Crippen molar-refractivity contribution >= 4 is 17.5 Å². The molecule has 0 saturated carbocycles. The number of nitrogens with one attached hydrogen (secondary N) is 2. The molecule has 0 bridgehead atoms. The molecule has 2 saturated heterocycles. The van der Waals surface area contributed by atoms with Crippen LogP contribution in [0.3, 0.4) is 0 Å². The Bertz CT molecular complexity index is 1170. The number of amides is 1. The number of pyridine rings is 1. The van der Waals surface area contributed by atoms with E-state index in [9.17, 15) is 9.90 Å². The summed E-state index contributed by atoms with van der Waals surface area (Å²) in [5.74, 6) is 0.144. The zero-order valence-corrected chi connectivity index (χ0v) is 18.7. The lowest BCUT2D eigenvalue weighted by Crippen LogP contribution is -2.41. The number of rotatable bonds is 4. The number of aromatic hydroxyl groups is 1. The monoisotopic (exact) mass is 448 g/mol. The molecule has 4 atom stereocenters. The fourth-order valence-corrected chi connectivity index (χ4v) is 5.35. The van der Waals surface area contributed by atoms with E-state index in [1.165, 1.54) is 0 Å². The van der Waals surface area contributed by atoms with Gasteiger partial charge in [-0.3, -0.25) is 9.78 Å². The molecule has 0 spiro atoms. The van der Waals surface area contributed by atoms with Crippen LogP contribution >= 0.6 is 11.6 Å². The summed E-state index contributed by atoms with van der Waals surface area (Å²) in [4.78, 5) is 19.7. The lowest BCUT2D eigenvalue weighted by atomic mass is 9.82. The number of carbonyl (C=O) groups excluding carboxylic acids is 1. The minimum absolute atomic E-state index is 0.0164. The summed E-state index contributed by atoms with van der Waals surface area (Å²) in [5, 5.41) is 11.5. The summed E-state index contributed by atoms with van der Waals surface area (Å²) in [7, 11) is 0. The minimum atomic E-state index is -0.416. The van der Waals surface area contributed by atoms with E-state index in [0.717, 1.165) is 27.8 Å². The average molecular weight is 449 g/mol. The first-order valence-electron chi connectivity index (χ1n) is 10.7. The third-order valence-electron chi connectivity index (χ3n) is 6.49. The summed E-state index contributed by atoms with van der Waals surface area (Å²) in [6, 6.07) is 14.6. The standard InChI is InChI=1S/C25H25ClN4O2/c1-14-9-15(2)24(31)19(10-14)21-20-22(29-28-21)25(32)30(13-16-5-4-8-27-12-16)23(20)17-6-3-7-18(26)11-17/h3-12,20-23,28-29,31H,13H2,1-2H3. The number of carbonyl (C=O) groups is 1. The van der Waals surface area contributed by atoms with Gasteiger partial charge in [-0.2, -0.15) is 0 Å². The number of aromatic nitrogens is 1. The molecule has 6 nitrogen and oxygen atoms in total. The lowest BCUT2D eigenvalue weighted by Gasteiger charge is -2.32. The van der Waals surface area contributed by atoms with Crippen molar-refractivity contribution in [3.05, 3.63) is 93.8 Å². The zero-order valence-electron chi connectivity index (χ0n) is 17.9. The molecule has 0 aliphatic carbocycles. The van der Waals surface area contributed by atoms with Crippen LogP contribution in [0.25, 0.3) is 0 Å². The Morgan fingerprint density at radius 1 is 1.09 bits per heavy atom. The third kappa shape index (κ3) is 3.54. The SMILES string of the molecule is Cc1cc(C)c(O)c(C2NNC3C(=O)N(Cc4cccnc4)C(c4cccc(Cl)c4)C32)c1. The highest BCUT2D eigenvalue weighted by atomic mass is 35.5. The quantitative estimate of drug-likeness (QED) is 0.563. The Morgan fingerprint density at radius 2 is 1.91 bits per heavy atom. The number of fused-ring (bicyclic) bond motifs is 1. The van der Waals surface area contributed by atoms with Gasteiger partial charge in [0, 0.05) is 35.4 Å². The lowest BCUT2D eigenvalue weighted by molar-refractivity contribution is -0.131. The molecule has 1 aromatic heterocycles. The first-order chi connectivity index (χ1) is 15.4. The number of phenols is 1. The number of hydrogen-bond donors (Lipinski definition) is 3. The summed E-state index contributed by atoms with van der Waals surface area (Å²) < 4.78 is 0. The highest BCUT2D eigenvalue weighted by Crippen LogP contribution is 2.49. The Balaban J connectivity index is 1.61. The van der Waals surface area contributed by atoms with Crippen molar-refractivity contribution in [1.29, 1.82) is 0 Å². The van der Waals surface area contributed by atoms with Crippen LogP contribution in [0.2, 0.25) is 5.02 Å². The van der Waals surface area contributed by atoms with Gasteiger partial charge in [0.15, 0.2) is 0 Å². The normalized spacial score (nSPS) is 24.7. The van der Waals surface area contributed by atoms with Crippen molar-refractivity contribution in [3.8, 4) is 5.75 Å². The maximum atomic E-state index is 13.6. The first-order valence-corrected chi connectivity index (χ1v) is 11.1.